The number of nitrogens with zero attached hydrogens (tertiary/aromatic N) is 2. The molecule has 0 saturated heterocycles. The summed E-state index contributed by atoms with van der Waals surface area (Å²) in [5.74, 6) is -2.36. The van der Waals surface area contributed by atoms with Gasteiger partial charge in [-0.05, 0) is 4.92 Å². The first-order valence-electron chi connectivity index (χ1n) is 4.46. The van der Waals surface area contributed by atoms with Crippen LogP contribution in [0.5, 0.6) is 11.6 Å². The Morgan fingerprint density at radius 2 is 2.17 bits per heavy atom. The summed E-state index contributed by atoms with van der Waals surface area (Å²) in [5.41, 5.74) is 4.98. The zero-order valence-electron chi connectivity index (χ0n) is 9.02. The largest absolute Gasteiger partial charge is 0.573 e. The van der Waals surface area contributed by atoms with E-state index in [1.165, 1.54) is 0 Å². The van der Waals surface area contributed by atoms with Crippen LogP contribution in [0, 0.1) is 10.1 Å². The standard InChI is InChI=1S/C8H8F3N3O4/c1-17-5-2-4(3-12)6(18-8(9,10)11)7(13-5)14(15)16/h2H,3,12H2,1H3. The predicted molar refractivity (Wildman–Crippen MR) is 52.0 cm³/mol. The molecule has 1 aromatic rings. The number of halogens is 3. The van der Waals surface area contributed by atoms with Gasteiger partial charge in [-0.2, -0.15) is 0 Å². The van der Waals surface area contributed by atoms with Crippen LogP contribution in [0.25, 0.3) is 0 Å². The zero-order valence-corrected chi connectivity index (χ0v) is 9.02. The van der Waals surface area contributed by atoms with E-state index < -0.39 is 29.4 Å². The number of nitrogens with two attached hydrogens (primary N) is 1. The quantitative estimate of drug-likeness (QED) is 0.652. The van der Waals surface area contributed by atoms with Gasteiger partial charge in [0.15, 0.2) is 0 Å². The van der Waals surface area contributed by atoms with Crippen LogP contribution in [-0.4, -0.2) is 23.4 Å². The molecule has 1 rings (SSSR count). The van der Waals surface area contributed by atoms with Crippen LogP contribution in [-0.2, 0) is 6.54 Å². The maximum absolute atomic E-state index is 12.1. The van der Waals surface area contributed by atoms with E-state index in [0.29, 0.717) is 0 Å². The Labute approximate surface area is 98.5 Å². The maximum atomic E-state index is 12.1. The van der Waals surface area contributed by atoms with E-state index in [-0.39, 0.29) is 11.4 Å². The fourth-order valence-electron chi connectivity index (χ4n) is 1.15. The molecule has 100 valence electrons. The van der Waals surface area contributed by atoms with E-state index in [4.69, 9.17) is 5.73 Å². The van der Waals surface area contributed by atoms with Crippen LogP contribution < -0.4 is 15.2 Å². The molecule has 2 N–H and O–H groups in total. The molecule has 0 aromatic carbocycles. The smallest absolute Gasteiger partial charge is 0.463 e. The highest BCUT2D eigenvalue weighted by molar-refractivity contribution is 5.49. The van der Waals surface area contributed by atoms with Gasteiger partial charge in [-0.1, -0.05) is 0 Å². The van der Waals surface area contributed by atoms with Crippen molar-refractivity contribution < 1.29 is 27.6 Å². The molecule has 0 aliphatic heterocycles. The van der Waals surface area contributed by atoms with Crippen molar-refractivity contribution in [1.29, 1.82) is 0 Å². The molecule has 10 heteroatoms. The zero-order chi connectivity index (χ0) is 13.9. The van der Waals surface area contributed by atoms with Gasteiger partial charge in [0.25, 0.3) is 0 Å². The fraction of sp³-hybridized carbons (Fsp3) is 0.375. The van der Waals surface area contributed by atoms with Crippen molar-refractivity contribution >= 4 is 5.82 Å². The number of methoxy groups -OCH3 is 1. The monoisotopic (exact) mass is 267 g/mol. The molecule has 1 heterocycles. The number of aromatic nitrogens is 1. The van der Waals surface area contributed by atoms with Crippen LogP contribution >= 0.6 is 0 Å². The highest BCUT2D eigenvalue weighted by atomic mass is 19.4. The number of hydrogen-bond donors (Lipinski definition) is 1. The number of hydrogen-bond acceptors (Lipinski definition) is 6. The first kappa shape index (κ1) is 14.0. The van der Waals surface area contributed by atoms with E-state index >= 15 is 0 Å². The number of nitro groups is 1. The van der Waals surface area contributed by atoms with Crippen molar-refractivity contribution in [3.63, 3.8) is 0 Å². The summed E-state index contributed by atoms with van der Waals surface area (Å²) in [4.78, 5) is 12.8. The van der Waals surface area contributed by atoms with Crippen molar-refractivity contribution in [1.82, 2.24) is 4.98 Å². The second kappa shape index (κ2) is 5.04. The molecule has 0 saturated carbocycles. The lowest BCUT2D eigenvalue weighted by molar-refractivity contribution is -0.393. The number of alkyl halides is 3. The minimum atomic E-state index is -5.08. The summed E-state index contributed by atoms with van der Waals surface area (Å²) in [6.07, 6.45) is -5.08. The summed E-state index contributed by atoms with van der Waals surface area (Å²) in [6, 6.07) is 1.04. The first-order chi connectivity index (χ1) is 8.28. The molecule has 18 heavy (non-hydrogen) atoms. The lowest BCUT2D eigenvalue weighted by Gasteiger charge is -2.12. The average molecular weight is 267 g/mol. The second-order valence-corrected chi connectivity index (χ2v) is 2.99. The molecule has 1 aromatic heterocycles. The average Bonchev–Trinajstić information content (AvgIpc) is 2.26. The Morgan fingerprint density at radius 3 is 2.56 bits per heavy atom. The minimum Gasteiger partial charge on any atom is -0.463 e. The summed E-state index contributed by atoms with van der Waals surface area (Å²) in [7, 11) is 1.16. The molecule has 7 nitrogen and oxygen atoms in total. The van der Waals surface area contributed by atoms with Gasteiger partial charge in [-0.25, -0.2) is 0 Å². The van der Waals surface area contributed by atoms with Crippen molar-refractivity contribution in [3.8, 4) is 11.6 Å². The van der Waals surface area contributed by atoms with Gasteiger partial charge in [0.2, 0.25) is 5.75 Å². The third kappa shape index (κ3) is 3.20. The Morgan fingerprint density at radius 1 is 1.56 bits per heavy atom. The van der Waals surface area contributed by atoms with Gasteiger partial charge in [0.1, 0.15) is 0 Å². The molecule has 0 spiro atoms. The van der Waals surface area contributed by atoms with Crippen molar-refractivity contribution in [2.24, 2.45) is 5.73 Å². The SMILES string of the molecule is COc1cc(CN)c(OC(F)(F)F)c([N+](=O)[O-])n1. The Hall–Kier alpha value is -2.10. The van der Waals surface area contributed by atoms with E-state index in [9.17, 15) is 23.3 Å². The molecule has 0 bridgehead atoms. The van der Waals surface area contributed by atoms with E-state index in [1.807, 2.05) is 0 Å². The van der Waals surface area contributed by atoms with Gasteiger partial charge in [0.05, 0.1) is 7.11 Å². The van der Waals surface area contributed by atoms with Gasteiger partial charge in [0, 0.05) is 23.2 Å². The second-order valence-electron chi connectivity index (χ2n) is 2.99. The summed E-state index contributed by atoms with van der Waals surface area (Å²) in [5, 5.41) is 10.6. The van der Waals surface area contributed by atoms with Gasteiger partial charge in [-0.15, -0.1) is 13.2 Å². The van der Waals surface area contributed by atoms with Gasteiger partial charge >= 0.3 is 18.1 Å². The molecular weight excluding hydrogens is 259 g/mol. The molecule has 0 aliphatic rings. The van der Waals surface area contributed by atoms with Crippen LogP contribution in [0.2, 0.25) is 0 Å². The highest BCUT2D eigenvalue weighted by Crippen LogP contribution is 2.35. The molecule has 0 unspecified atom stereocenters. The van der Waals surface area contributed by atoms with Crippen molar-refractivity contribution in [2.45, 2.75) is 12.9 Å². The molecule has 0 atom stereocenters. The summed E-state index contributed by atoms with van der Waals surface area (Å²) < 4.78 is 44.6. The van der Waals surface area contributed by atoms with Crippen molar-refractivity contribution in [3.05, 3.63) is 21.7 Å². The lowest BCUT2D eigenvalue weighted by Crippen LogP contribution is -2.20. The normalized spacial score (nSPS) is 11.2. The van der Waals surface area contributed by atoms with Crippen LogP contribution in [0.15, 0.2) is 6.07 Å². The predicted octanol–water partition coefficient (Wildman–Crippen LogP) is 1.36. The maximum Gasteiger partial charge on any atom is 0.573 e. The van der Waals surface area contributed by atoms with Gasteiger partial charge in [-0.3, -0.25) is 0 Å². The highest BCUT2D eigenvalue weighted by Gasteiger charge is 2.37. The summed E-state index contributed by atoms with van der Waals surface area (Å²) in [6.45, 7) is -0.398. The lowest BCUT2D eigenvalue weighted by atomic mass is 10.2. The third-order valence-electron chi connectivity index (χ3n) is 1.83. The topological polar surface area (TPSA) is 101 Å². The van der Waals surface area contributed by atoms with Gasteiger partial charge < -0.3 is 25.3 Å². The van der Waals surface area contributed by atoms with Crippen LogP contribution in [0.3, 0.4) is 0 Å². The molecule has 0 radical (unpaired) electrons. The van der Waals surface area contributed by atoms with E-state index in [0.717, 1.165) is 13.2 Å². The van der Waals surface area contributed by atoms with Crippen LogP contribution in [0.4, 0.5) is 19.0 Å². The molecule has 0 fully saturated rings. The molecule has 0 aliphatic carbocycles. The van der Waals surface area contributed by atoms with Crippen molar-refractivity contribution in [2.75, 3.05) is 7.11 Å². The Balaban J connectivity index is 3.39. The third-order valence-corrected chi connectivity index (χ3v) is 1.83. The Bertz CT molecular complexity index is 464. The number of ether oxygens (including phenoxy) is 2. The van der Waals surface area contributed by atoms with E-state index in [1.54, 1.807) is 0 Å². The fourth-order valence-corrected chi connectivity index (χ4v) is 1.15. The molecular formula is C8H8F3N3O4. The number of rotatable bonds is 4. The minimum absolute atomic E-state index is 0.225. The van der Waals surface area contributed by atoms with Crippen LogP contribution in [0.1, 0.15) is 5.56 Å². The first-order valence-corrected chi connectivity index (χ1v) is 4.46. The summed E-state index contributed by atoms with van der Waals surface area (Å²) >= 11 is 0. The van der Waals surface area contributed by atoms with E-state index in [2.05, 4.69) is 14.5 Å². The molecule has 0 amide bonds. The Kier molecular flexibility index (Phi) is 3.91. The number of pyridine rings is 1.